The Bertz CT molecular complexity index is 550. The lowest BCUT2D eigenvalue weighted by atomic mass is 9.99. The maximum atomic E-state index is 12.6. The van der Waals surface area contributed by atoms with Crippen LogP contribution in [-0.2, 0) is 19.2 Å². The second-order valence-corrected chi connectivity index (χ2v) is 7.92. The second kappa shape index (κ2) is 13.7. The molecule has 9 nitrogen and oxygen atoms in total. The maximum Gasteiger partial charge on any atom is 0.327 e. The smallest absolute Gasteiger partial charge is 0.327 e. The summed E-state index contributed by atoms with van der Waals surface area (Å²) in [5.74, 6) is -2.32. The fourth-order valence-corrected chi connectivity index (χ4v) is 2.87. The van der Waals surface area contributed by atoms with Gasteiger partial charge < -0.3 is 26.8 Å². The number of hydrogen-bond acceptors (Lipinski definition) is 7. The molecule has 0 heterocycles. The zero-order valence-corrected chi connectivity index (χ0v) is 18.4. The highest BCUT2D eigenvalue weighted by molar-refractivity contribution is 7.98. The largest absolute Gasteiger partial charge is 0.480 e. The molecule has 28 heavy (non-hydrogen) atoms. The van der Waals surface area contributed by atoms with Gasteiger partial charge in [0.1, 0.15) is 18.1 Å². The van der Waals surface area contributed by atoms with Gasteiger partial charge >= 0.3 is 5.97 Å². The van der Waals surface area contributed by atoms with E-state index in [4.69, 9.17) is 10.8 Å². The topological polar surface area (TPSA) is 151 Å². The number of nitrogens with two attached hydrogens (primary N) is 1. The number of thioether (sulfide) groups is 1. The van der Waals surface area contributed by atoms with Gasteiger partial charge in [0.25, 0.3) is 0 Å². The minimum absolute atomic E-state index is 0.0388. The Morgan fingerprint density at radius 2 is 1.61 bits per heavy atom. The summed E-state index contributed by atoms with van der Waals surface area (Å²) in [6.45, 7) is 5.21. The van der Waals surface area contributed by atoms with Gasteiger partial charge in [0.2, 0.25) is 17.7 Å². The number of carboxylic acid groups (broad SMARTS) is 1. The van der Waals surface area contributed by atoms with Crippen LogP contribution in [0.1, 0.15) is 33.6 Å². The summed E-state index contributed by atoms with van der Waals surface area (Å²) in [7, 11) is 0. The van der Waals surface area contributed by atoms with Crippen LogP contribution in [0.4, 0.5) is 0 Å². The molecular weight excluding hydrogens is 404 g/mol. The van der Waals surface area contributed by atoms with E-state index in [2.05, 4.69) is 28.6 Å². The Balaban J connectivity index is 4.98. The van der Waals surface area contributed by atoms with Crippen LogP contribution in [0.5, 0.6) is 0 Å². The molecule has 3 amide bonds. The Kier molecular flexibility index (Phi) is 13.0. The first-order valence-corrected chi connectivity index (χ1v) is 11.1. The molecule has 0 radical (unpaired) electrons. The predicted molar refractivity (Wildman–Crippen MR) is 113 cm³/mol. The van der Waals surface area contributed by atoms with Crippen LogP contribution < -0.4 is 21.7 Å². The summed E-state index contributed by atoms with van der Waals surface area (Å²) >= 11 is 5.39. The molecule has 0 aromatic carbocycles. The van der Waals surface area contributed by atoms with Crippen molar-refractivity contribution >= 4 is 48.1 Å². The Labute approximate surface area is 175 Å². The SMILES string of the molecule is CCC(C)C(N)C(=O)NC(CCSC)C(=O)NC(C)C(=O)NC(CS)C(=O)O. The quantitative estimate of drug-likeness (QED) is 0.215. The molecule has 6 N–H and O–H groups in total. The van der Waals surface area contributed by atoms with E-state index in [1.165, 1.54) is 18.7 Å². The first-order valence-electron chi connectivity index (χ1n) is 9.08. The summed E-state index contributed by atoms with van der Waals surface area (Å²) in [5, 5.41) is 16.4. The van der Waals surface area contributed by atoms with Crippen LogP contribution >= 0.6 is 24.4 Å². The van der Waals surface area contributed by atoms with Gasteiger partial charge in [-0.25, -0.2) is 4.79 Å². The molecule has 162 valence electrons. The summed E-state index contributed by atoms with van der Waals surface area (Å²) in [4.78, 5) is 48.0. The normalized spacial score (nSPS) is 16.2. The van der Waals surface area contributed by atoms with E-state index < -0.39 is 47.9 Å². The van der Waals surface area contributed by atoms with Gasteiger partial charge in [-0.1, -0.05) is 20.3 Å². The molecule has 0 spiro atoms. The molecule has 0 bridgehead atoms. The minimum atomic E-state index is -1.22. The van der Waals surface area contributed by atoms with E-state index in [1.54, 1.807) is 0 Å². The number of rotatable bonds is 13. The van der Waals surface area contributed by atoms with Gasteiger partial charge in [-0.2, -0.15) is 24.4 Å². The first-order chi connectivity index (χ1) is 13.1. The van der Waals surface area contributed by atoms with Crippen molar-refractivity contribution in [3.63, 3.8) is 0 Å². The zero-order chi connectivity index (χ0) is 21.9. The number of thiol groups is 1. The average molecular weight is 437 g/mol. The molecule has 0 saturated carbocycles. The van der Waals surface area contributed by atoms with Crippen molar-refractivity contribution in [3.8, 4) is 0 Å². The fraction of sp³-hybridized carbons (Fsp3) is 0.765. The number of carbonyl (C=O) groups excluding carboxylic acids is 3. The van der Waals surface area contributed by atoms with Crippen LogP contribution in [0.25, 0.3) is 0 Å². The molecule has 0 aromatic rings. The molecule has 0 aliphatic heterocycles. The average Bonchev–Trinajstić information content (AvgIpc) is 2.66. The molecule has 5 atom stereocenters. The van der Waals surface area contributed by atoms with Crippen LogP contribution in [0.2, 0.25) is 0 Å². The van der Waals surface area contributed by atoms with Crippen molar-refractivity contribution in [2.45, 2.75) is 57.8 Å². The predicted octanol–water partition coefficient (Wildman–Crippen LogP) is -0.398. The molecule has 0 saturated heterocycles. The van der Waals surface area contributed by atoms with Crippen LogP contribution in [-0.4, -0.2) is 70.7 Å². The molecule has 11 heteroatoms. The molecule has 0 rings (SSSR count). The van der Waals surface area contributed by atoms with Crippen LogP contribution in [0, 0.1) is 5.92 Å². The zero-order valence-electron chi connectivity index (χ0n) is 16.7. The van der Waals surface area contributed by atoms with Crippen molar-refractivity contribution in [2.24, 2.45) is 11.7 Å². The summed E-state index contributed by atoms with van der Waals surface area (Å²) in [6, 6.07) is -3.71. The molecular formula is C17H32N4O5S2. The lowest BCUT2D eigenvalue weighted by molar-refractivity contribution is -0.141. The number of hydrogen-bond donors (Lipinski definition) is 6. The number of amides is 3. The third-order valence-corrected chi connectivity index (χ3v) is 5.36. The third kappa shape index (κ3) is 9.16. The highest BCUT2D eigenvalue weighted by Crippen LogP contribution is 2.07. The first kappa shape index (κ1) is 26.5. The second-order valence-electron chi connectivity index (χ2n) is 6.57. The highest BCUT2D eigenvalue weighted by atomic mass is 32.2. The van der Waals surface area contributed by atoms with E-state index in [1.807, 2.05) is 20.1 Å². The van der Waals surface area contributed by atoms with E-state index in [0.717, 1.165) is 6.42 Å². The van der Waals surface area contributed by atoms with Crippen molar-refractivity contribution in [1.82, 2.24) is 16.0 Å². The monoisotopic (exact) mass is 436 g/mol. The maximum absolute atomic E-state index is 12.6. The van der Waals surface area contributed by atoms with Crippen molar-refractivity contribution < 1.29 is 24.3 Å². The fourth-order valence-electron chi connectivity index (χ4n) is 2.15. The number of carboxylic acids is 1. The number of aliphatic carboxylic acids is 1. The third-order valence-electron chi connectivity index (χ3n) is 4.35. The highest BCUT2D eigenvalue weighted by Gasteiger charge is 2.28. The Morgan fingerprint density at radius 1 is 1.04 bits per heavy atom. The minimum Gasteiger partial charge on any atom is -0.480 e. The van der Waals surface area contributed by atoms with Crippen molar-refractivity contribution in [2.75, 3.05) is 17.8 Å². The summed E-state index contributed by atoms with van der Waals surface area (Å²) in [5.41, 5.74) is 5.92. The van der Waals surface area contributed by atoms with Gasteiger partial charge in [0, 0.05) is 5.75 Å². The van der Waals surface area contributed by atoms with E-state index >= 15 is 0 Å². The van der Waals surface area contributed by atoms with Crippen LogP contribution in [0.3, 0.4) is 0 Å². The van der Waals surface area contributed by atoms with Gasteiger partial charge in [0.05, 0.1) is 6.04 Å². The van der Waals surface area contributed by atoms with E-state index in [0.29, 0.717) is 12.2 Å². The van der Waals surface area contributed by atoms with E-state index in [-0.39, 0.29) is 11.7 Å². The van der Waals surface area contributed by atoms with Crippen LogP contribution in [0.15, 0.2) is 0 Å². The summed E-state index contributed by atoms with van der Waals surface area (Å²) in [6.07, 6.45) is 2.97. The number of carbonyl (C=O) groups is 4. The van der Waals surface area contributed by atoms with Gasteiger partial charge in [-0.05, 0) is 31.3 Å². The van der Waals surface area contributed by atoms with Gasteiger partial charge in [-0.15, -0.1) is 0 Å². The Morgan fingerprint density at radius 3 is 2.07 bits per heavy atom. The van der Waals surface area contributed by atoms with Crippen molar-refractivity contribution in [1.29, 1.82) is 0 Å². The molecule has 0 fully saturated rings. The van der Waals surface area contributed by atoms with E-state index in [9.17, 15) is 19.2 Å². The standard InChI is InChI=1S/C17H32N4O5S2/c1-5-9(2)13(18)16(24)20-11(6-7-28-4)15(23)19-10(3)14(22)21-12(8-27)17(25)26/h9-13,27H,5-8,18H2,1-4H3,(H,19,23)(H,20,24)(H,21,22)(H,25,26). The lowest BCUT2D eigenvalue weighted by Crippen LogP contribution is -2.57. The lowest BCUT2D eigenvalue weighted by Gasteiger charge is -2.24. The van der Waals surface area contributed by atoms with Gasteiger partial charge in [0.15, 0.2) is 0 Å². The molecule has 0 aromatic heterocycles. The molecule has 0 aliphatic carbocycles. The Hall–Kier alpha value is -1.46. The van der Waals surface area contributed by atoms with Crippen molar-refractivity contribution in [3.05, 3.63) is 0 Å². The number of nitrogens with one attached hydrogen (secondary N) is 3. The molecule has 0 aliphatic rings. The van der Waals surface area contributed by atoms with Gasteiger partial charge in [-0.3, -0.25) is 14.4 Å². The summed E-state index contributed by atoms with van der Waals surface area (Å²) < 4.78 is 0. The molecule has 5 unspecified atom stereocenters.